The summed E-state index contributed by atoms with van der Waals surface area (Å²) in [6.07, 6.45) is 5.35. The zero-order valence-corrected chi connectivity index (χ0v) is 24.7. The van der Waals surface area contributed by atoms with Gasteiger partial charge in [0.05, 0.1) is 16.3 Å². The van der Waals surface area contributed by atoms with Gasteiger partial charge in [-0.25, -0.2) is 19.1 Å². The zero-order chi connectivity index (χ0) is 32.3. The van der Waals surface area contributed by atoms with Crippen molar-refractivity contribution in [3.63, 3.8) is 0 Å². The van der Waals surface area contributed by atoms with Crippen molar-refractivity contribution in [3.05, 3.63) is 110 Å². The van der Waals surface area contributed by atoms with Crippen LogP contribution in [0.2, 0.25) is 0 Å². The number of para-hydroxylation sites is 1. The molecule has 13 nitrogen and oxygen atoms in total. The normalized spacial score (nSPS) is 15.6. The number of amides is 4. The van der Waals surface area contributed by atoms with E-state index >= 15 is 0 Å². The van der Waals surface area contributed by atoms with Crippen molar-refractivity contribution in [1.29, 1.82) is 0 Å². The number of anilines is 1. The number of likely N-dealkylation sites (N-methyl/N-ethyl adjacent to an activating group) is 1. The van der Waals surface area contributed by atoms with Gasteiger partial charge in [-0.15, -0.1) is 0 Å². The van der Waals surface area contributed by atoms with Crippen LogP contribution in [0.5, 0.6) is 5.88 Å². The highest BCUT2D eigenvalue weighted by Crippen LogP contribution is 2.25. The molecule has 44 heavy (non-hydrogen) atoms. The predicted molar refractivity (Wildman–Crippen MR) is 161 cm³/mol. The SMILES string of the molecule is CCN1C(=O)\C(=C/C=C(C)/C=C/c2c(O)n(CC)c(=O)n(-c3ccc(S(=O)(=O)O)cc3)c2=O)C(=O)N(c2ccccc2)C1=O. The van der Waals surface area contributed by atoms with E-state index in [4.69, 9.17) is 0 Å². The summed E-state index contributed by atoms with van der Waals surface area (Å²) >= 11 is 0. The fraction of sp³-hybridized carbons (Fsp3) is 0.167. The number of benzene rings is 2. The van der Waals surface area contributed by atoms with Crippen LogP contribution in [-0.4, -0.2) is 56.5 Å². The van der Waals surface area contributed by atoms with Crippen LogP contribution < -0.4 is 16.1 Å². The predicted octanol–water partition coefficient (Wildman–Crippen LogP) is 2.87. The first-order valence-electron chi connectivity index (χ1n) is 13.3. The summed E-state index contributed by atoms with van der Waals surface area (Å²) in [5.41, 5.74) is -1.60. The first-order chi connectivity index (χ1) is 20.8. The van der Waals surface area contributed by atoms with Crippen LogP contribution in [-0.2, 0) is 26.3 Å². The minimum atomic E-state index is -4.51. The molecule has 4 rings (SSSR count). The third-order valence-corrected chi connectivity index (χ3v) is 7.62. The van der Waals surface area contributed by atoms with Gasteiger partial charge in [0, 0.05) is 13.1 Å². The molecule has 0 aliphatic carbocycles. The van der Waals surface area contributed by atoms with Crippen molar-refractivity contribution < 1.29 is 32.5 Å². The highest BCUT2D eigenvalue weighted by atomic mass is 32.2. The second kappa shape index (κ2) is 12.5. The van der Waals surface area contributed by atoms with Gasteiger partial charge in [-0.1, -0.05) is 35.9 Å². The largest absolute Gasteiger partial charge is 0.494 e. The van der Waals surface area contributed by atoms with Gasteiger partial charge in [0.2, 0.25) is 5.88 Å². The number of barbiturate groups is 1. The van der Waals surface area contributed by atoms with Gasteiger partial charge in [0.1, 0.15) is 11.1 Å². The van der Waals surface area contributed by atoms with Gasteiger partial charge >= 0.3 is 11.7 Å². The molecule has 14 heteroatoms. The van der Waals surface area contributed by atoms with Crippen LogP contribution in [0.15, 0.2) is 98.5 Å². The molecule has 0 unspecified atom stereocenters. The molecule has 1 saturated heterocycles. The summed E-state index contributed by atoms with van der Waals surface area (Å²) in [6, 6.07) is 11.8. The van der Waals surface area contributed by atoms with Crippen molar-refractivity contribution >= 4 is 39.7 Å². The first-order valence-corrected chi connectivity index (χ1v) is 14.7. The molecule has 1 aliphatic rings. The molecule has 0 saturated carbocycles. The highest BCUT2D eigenvalue weighted by molar-refractivity contribution is 7.85. The molecule has 1 fully saturated rings. The van der Waals surface area contributed by atoms with Gasteiger partial charge < -0.3 is 5.11 Å². The Morgan fingerprint density at radius 2 is 1.50 bits per heavy atom. The van der Waals surface area contributed by atoms with Crippen LogP contribution in [0.3, 0.4) is 0 Å². The molecule has 0 atom stereocenters. The number of carbonyl (C=O) groups is 3. The molecule has 0 radical (unpaired) electrons. The monoisotopic (exact) mass is 620 g/mol. The van der Waals surface area contributed by atoms with E-state index in [1.54, 1.807) is 51.1 Å². The average Bonchev–Trinajstić information content (AvgIpc) is 2.98. The summed E-state index contributed by atoms with van der Waals surface area (Å²) in [5, 5.41) is 10.7. The Morgan fingerprint density at radius 1 is 0.864 bits per heavy atom. The quantitative estimate of drug-likeness (QED) is 0.166. The van der Waals surface area contributed by atoms with Gasteiger partial charge in [-0.2, -0.15) is 8.42 Å². The van der Waals surface area contributed by atoms with E-state index in [2.05, 4.69) is 0 Å². The number of nitrogens with zero attached hydrogens (tertiary/aromatic N) is 4. The number of imide groups is 2. The molecule has 228 valence electrons. The van der Waals surface area contributed by atoms with E-state index in [-0.39, 0.29) is 29.9 Å². The van der Waals surface area contributed by atoms with Crippen LogP contribution in [0.4, 0.5) is 10.5 Å². The summed E-state index contributed by atoms with van der Waals surface area (Å²) in [7, 11) is -4.51. The van der Waals surface area contributed by atoms with Crippen molar-refractivity contribution in [2.45, 2.75) is 32.2 Å². The zero-order valence-electron chi connectivity index (χ0n) is 23.9. The van der Waals surface area contributed by atoms with Crippen LogP contribution in [0.1, 0.15) is 26.3 Å². The minimum Gasteiger partial charge on any atom is -0.494 e. The fourth-order valence-electron chi connectivity index (χ4n) is 4.45. The lowest BCUT2D eigenvalue weighted by molar-refractivity contribution is -0.128. The van der Waals surface area contributed by atoms with E-state index in [1.807, 2.05) is 0 Å². The molecule has 2 aromatic carbocycles. The van der Waals surface area contributed by atoms with E-state index in [0.717, 1.165) is 43.2 Å². The number of aromatic nitrogens is 2. The highest BCUT2D eigenvalue weighted by Gasteiger charge is 2.41. The number of hydrogen-bond donors (Lipinski definition) is 2. The molecule has 2 N–H and O–H groups in total. The van der Waals surface area contributed by atoms with Crippen LogP contribution in [0, 0.1) is 0 Å². The number of hydrogen-bond acceptors (Lipinski definition) is 8. The number of aromatic hydroxyl groups is 1. The second-order valence-corrected chi connectivity index (χ2v) is 10.9. The van der Waals surface area contributed by atoms with E-state index in [9.17, 15) is 42.0 Å². The summed E-state index contributed by atoms with van der Waals surface area (Å²) in [5.74, 6) is -2.18. The molecule has 3 aromatic rings. The van der Waals surface area contributed by atoms with E-state index < -0.39 is 50.0 Å². The number of urea groups is 1. The minimum absolute atomic E-state index is 0.00596. The fourth-order valence-corrected chi connectivity index (χ4v) is 4.93. The smallest absolute Gasteiger partial charge is 0.338 e. The lowest BCUT2D eigenvalue weighted by atomic mass is 10.1. The second-order valence-electron chi connectivity index (χ2n) is 9.51. The Morgan fingerprint density at radius 3 is 2.07 bits per heavy atom. The topological polar surface area (TPSA) is 176 Å². The molecule has 1 aliphatic heterocycles. The third kappa shape index (κ3) is 5.93. The Labute approximate surface area is 251 Å². The molecule has 0 spiro atoms. The molecule has 4 amide bonds. The molecular weight excluding hydrogens is 592 g/mol. The Balaban J connectivity index is 1.74. The van der Waals surface area contributed by atoms with Crippen molar-refractivity contribution in [2.75, 3.05) is 11.4 Å². The van der Waals surface area contributed by atoms with E-state index in [1.165, 1.54) is 24.3 Å². The van der Waals surface area contributed by atoms with Gasteiger partial charge in [0.15, 0.2) is 0 Å². The lowest BCUT2D eigenvalue weighted by Gasteiger charge is -2.33. The Kier molecular flexibility index (Phi) is 8.97. The van der Waals surface area contributed by atoms with Gasteiger partial charge in [0.25, 0.3) is 27.5 Å². The van der Waals surface area contributed by atoms with Gasteiger partial charge in [-0.05, 0) is 69.3 Å². The third-order valence-electron chi connectivity index (χ3n) is 6.75. The summed E-state index contributed by atoms with van der Waals surface area (Å²) in [6.45, 7) is 4.80. The lowest BCUT2D eigenvalue weighted by Crippen LogP contribution is -2.56. The number of rotatable bonds is 8. The van der Waals surface area contributed by atoms with Crippen molar-refractivity contribution in [3.8, 4) is 11.6 Å². The summed E-state index contributed by atoms with van der Waals surface area (Å²) < 4.78 is 33.7. The van der Waals surface area contributed by atoms with Crippen molar-refractivity contribution in [2.24, 2.45) is 0 Å². The maximum atomic E-state index is 13.3. The number of allylic oxidation sites excluding steroid dienone is 4. The van der Waals surface area contributed by atoms with Crippen molar-refractivity contribution in [1.82, 2.24) is 14.0 Å². The van der Waals surface area contributed by atoms with Crippen LogP contribution in [0.25, 0.3) is 11.8 Å². The number of carbonyl (C=O) groups excluding carboxylic acids is 3. The Bertz CT molecular complexity index is 1970. The molecule has 1 aromatic heterocycles. The Hall–Kier alpha value is -5.34. The maximum Gasteiger partial charge on any atom is 0.338 e. The average molecular weight is 621 g/mol. The molecule has 2 heterocycles. The van der Waals surface area contributed by atoms with Crippen LogP contribution >= 0.6 is 0 Å². The van der Waals surface area contributed by atoms with E-state index in [0.29, 0.717) is 11.3 Å². The van der Waals surface area contributed by atoms with Gasteiger partial charge in [-0.3, -0.25) is 28.4 Å². The molecule has 0 bridgehead atoms. The first kappa shape index (κ1) is 31.6. The molecular formula is C30H28N4O9S. The maximum absolute atomic E-state index is 13.3. The standard InChI is InChI=1S/C30H28N4O9S/c1-4-31-25(35)23(27(37)33(29(31)39)20-9-7-6-8-10-20)17-11-19(3)12-18-24-26(36)32(5-2)30(40)34(28(24)38)21-13-15-22(16-14-21)44(41,42)43/h6-18,36H,4-5H2,1-3H3,(H,41,42,43)/b18-12+,19-11+,23-17+. The summed E-state index contributed by atoms with van der Waals surface area (Å²) in [4.78, 5) is 66.9.